The number of aromatic nitrogens is 3. The van der Waals surface area contributed by atoms with E-state index < -0.39 is 0 Å². The predicted octanol–water partition coefficient (Wildman–Crippen LogP) is 2.78. The van der Waals surface area contributed by atoms with Gasteiger partial charge in [0.05, 0.1) is 5.69 Å². The molecule has 0 aliphatic heterocycles. The Balaban J connectivity index is 2.58. The first kappa shape index (κ1) is 10.4. The van der Waals surface area contributed by atoms with Crippen molar-refractivity contribution in [3.8, 4) is 5.82 Å². The molecule has 0 aliphatic rings. The van der Waals surface area contributed by atoms with Crippen molar-refractivity contribution >= 4 is 15.9 Å². The Hall–Kier alpha value is -1.16. The first-order chi connectivity index (χ1) is 7.22. The van der Waals surface area contributed by atoms with Crippen LogP contribution in [0.1, 0.15) is 17.0 Å². The maximum atomic E-state index is 4.42. The first-order valence-electron chi connectivity index (χ1n) is 4.76. The third-order valence-electron chi connectivity index (χ3n) is 2.22. The fourth-order valence-corrected chi connectivity index (χ4v) is 2.01. The standard InChI is InChI=1S/C11H12BrN3/c1-8-6-9(2)15(14-8)11-10(7-12)4-3-5-13-11/h3-6H,7H2,1-2H3. The molecular formula is C11H12BrN3. The Morgan fingerprint density at radius 1 is 1.40 bits per heavy atom. The van der Waals surface area contributed by atoms with Crippen LogP contribution >= 0.6 is 15.9 Å². The highest BCUT2D eigenvalue weighted by molar-refractivity contribution is 9.08. The van der Waals surface area contributed by atoms with Crippen molar-refractivity contribution in [3.63, 3.8) is 0 Å². The summed E-state index contributed by atoms with van der Waals surface area (Å²) < 4.78 is 1.88. The van der Waals surface area contributed by atoms with Crippen molar-refractivity contribution in [2.24, 2.45) is 0 Å². The minimum atomic E-state index is 0.786. The highest BCUT2D eigenvalue weighted by Crippen LogP contribution is 2.16. The highest BCUT2D eigenvalue weighted by Gasteiger charge is 2.08. The van der Waals surface area contributed by atoms with E-state index in [-0.39, 0.29) is 0 Å². The molecule has 2 aromatic rings. The first-order valence-corrected chi connectivity index (χ1v) is 5.88. The second-order valence-corrected chi connectivity index (χ2v) is 4.02. The van der Waals surface area contributed by atoms with Crippen molar-refractivity contribution in [2.45, 2.75) is 19.2 Å². The maximum Gasteiger partial charge on any atom is 0.157 e. The summed E-state index contributed by atoms with van der Waals surface area (Å²) in [7, 11) is 0. The van der Waals surface area contributed by atoms with Crippen LogP contribution in [0.4, 0.5) is 0 Å². The van der Waals surface area contributed by atoms with Crippen molar-refractivity contribution in [3.05, 3.63) is 41.3 Å². The van der Waals surface area contributed by atoms with E-state index in [9.17, 15) is 0 Å². The number of rotatable bonds is 2. The van der Waals surface area contributed by atoms with Crippen molar-refractivity contribution in [2.75, 3.05) is 0 Å². The Labute approximate surface area is 97.3 Å². The number of pyridine rings is 1. The molecular weight excluding hydrogens is 254 g/mol. The Bertz CT molecular complexity index is 476. The molecule has 3 nitrogen and oxygen atoms in total. The zero-order valence-electron chi connectivity index (χ0n) is 8.74. The summed E-state index contributed by atoms with van der Waals surface area (Å²) in [5.74, 6) is 0.903. The number of hydrogen-bond acceptors (Lipinski definition) is 2. The normalized spacial score (nSPS) is 10.6. The van der Waals surface area contributed by atoms with Gasteiger partial charge in [0, 0.05) is 22.8 Å². The third-order valence-corrected chi connectivity index (χ3v) is 2.83. The Morgan fingerprint density at radius 2 is 2.20 bits per heavy atom. The van der Waals surface area contributed by atoms with Gasteiger partial charge in [0.15, 0.2) is 5.82 Å². The molecule has 0 N–H and O–H groups in total. The zero-order chi connectivity index (χ0) is 10.8. The molecule has 0 amide bonds. The van der Waals surface area contributed by atoms with Gasteiger partial charge < -0.3 is 0 Å². The molecule has 0 atom stereocenters. The molecule has 0 bridgehead atoms. The fourth-order valence-electron chi connectivity index (χ4n) is 1.57. The predicted molar refractivity (Wildman–Crippen MR) is 63.5 cm³/mol. The van der Waals surface area contributed by atoms with Crippen molar-refractivity contribution < 1.29 is 0 Å². The molecule has 0 unspecified atom stereocenters. The van der Waals surface area contributed by atoms with Gasteiger partial charge in [-0.3, -0.25) is 0 Å². The minimum absolute atomic E-state index is 0.786. The summed E-state index contributed by atoms with van der Waals surface area (Å²) in [6.07, 6.45) is 1.79. The largest absolute Gasteiger partial charge is 0.237 e. The minimum Gasteiger partial charge on any atom is -0.237 e. The van der Waals surface area contributed by atoms with Gasteiger partial charge in [0.2, 0.25) is 0 Å². The lowest BCUT2D eigenvalue weighted by Gasteiger charge is -2.07. The molecule has 0 radical (unpaired) electrons. The van der Waals surface area contributed by atoms with E-state index in [1.807, 2.05) is 36.7 Å². The van der Waals surface area contributed by atoms with Crippen LogP contribution in [-0.4, -0.2) is 14.8 Å². The Morgan fingerprint density at radius 3 is 2.80 bits per heavy atom. The van der Waals surface area contributed by atoms with Gasteiger partial charge in [-0.15, -0.1) is 0 Å². The van der Waals surface area contributed by atoms with Gasteiger partial charge in [-0.25, -0.2) is 9.67 Å². The van der Waals surface area contributed by atoms with Gasteiger partial charge in [0.1, 0.15) is 0 Å². The van der Waals surface area contributed by atoms with Crippen LogP contribution in [0, 0.1) is 13.8 Å². The average Bonchev–Trinajstić information content (AvgIpc) is 2.57. The molecule has 0 spiro atoms. The molecule has 0 saturated heterocycles. The van der Waals surface area contributed by atoms with E-state index in [4.69, 9.17) is 0 Å². The zero-order valence-corrected chi connectivity index (χ0v) is 10.3. The van der Waals surface area contributed by atoms with Crippen LogP contribution in [-0.2, 0) is 5.33 Å². The molecule has 78 valence electrons. The van der Waals surface area contributed by atoms with Crippen LogP contribution in [0.15, 0.2) is 24.4 Å². The lowest BCUT2D eigenvalue weighted by atomic mass is 10.3. The highest BCUT2D eigenvalue weighted by atomic mass is 79.9. The second kappa shape index (κ2) is 4.14. The van der Waals surface area contributed by atoms with E-state index in [2.05, 4.69) is 26.0 Å². The summed E-state index contributed by atoms with van der Waals surface area (Å²) in [4.78, 5) is 4.36. The van der Waals surface area contributed by atoms with Gasteiger partial charge in [-0.1, -0.05) is 22.0 Å². The average molecular weight is 266 g/mol. The maximum absolute atomic E-state index is 4.42. The van der Waals surface area contributed by atoms with Crippen LogP contribution in [0.5, 0.6) is 0 Å². The van der Waals surface area contributed by atoms with Crippen molar-refractivity contribution in [1.29, 1.82) is 0 Å². The number of aryl methyl sites for hydroxylation is 2. The molecule has 15 heavy (non-hydrogen) atoms. The molecule has 0 saturated carbocycles. The molecule has 0 aromatic carbocycles. The van der Waals surface area contributed by atoms with Gasteiger partial charge in [-0.2, -0.15) is 5.10 Å². The summed E-state index contributed by atoms with van der Waals surface area (Å²) in [6, 6.07) is 6.03. The monoisotopic (exact) mass is 265 g/mol. The van der Waals surface area contributed by atoms with Gasteiger partial charge in [0.25, 0.3) is 0 Å². The topological polar surface area (TPSA) is 30.7 Å². The van der Waals surface area contributed by atoms with Crippen LogP contribution < -0.4 is 0 Å². The van der Waals surface area contributed by atoms with Gasteiger partial charge >= 0.3 is 0 Å². The summed E-state index contributed by atoms with van der Waals surface area (Å²) >= 11 is 3.46. The van der Waals surface area contributed by atoms with E-state index in [0.29, 0.717) is 0 Å². The SMILES string of the molecule is Cc1cc(C)n(-c2ncccc2CBr)n1. The van der Waals surface area contributed by atoms with E-state index in [1.54, 1.807) is 6.20 Å². The summed E-state index contributed by atoms with van der Waals surface area (Å²) in [5.41, 5.74) is 3.26. The fraction of sp³-hybridized carbons (Fsp3) is 0.273. The molecule has 0 fully saturated rings. The van der Waals surface area contributed by atoms with Crippen molar-refractivity contribution in [1.82, 2.24) is 14.8 Å². The van der Waals surface area contributed by atoms with Crippen LogP contribution in [0.25, 0.3) is 5.82 Å². The Kier molecular flexibility index (Phi) is 2.86. The van der Waals surface area contributed by atoms with Gasteiger partial charge in [-0.05, 0) is 26.0 Å². The number of hydrogen-bond donors (Lipinski definition) is 0. The number of nitrogens with zero attached hydrogens (tertiary/aromatic N) is 3. The second-order valence-electron chi connectivity index (χ2n) is 3.46. The summed E-state index contributed by atoms with van der Waals surface area (Å²) in [6.45, 7) is 4.02. The number of halogens is 1. The third kappa shape index (κ3) is 1.95. The lowest BCUT2D eigenvalue weighted by molar-refractivity contribution is 0.798. The van der Waals surface area contributed by atoms with Crippen LogP contribution in [0.2, 0.25) is 0 Å². The lowest BCUT2D eigenvalue weighted by Crippen LogP contribution is -2.04. The number of alkyl halides is 1. The molecule has 0 aliphatic carbocycles. The van der Waals surface area contributed by atoms with E-state index >= 15 is 0 Å². The smallest absolute Gasteiger partial charge is 0.157 e. The molecule has 4 heteroatoms. The van der Waals surface area contributed by atoms with E-state index in [1.165, 1.54) is 0 Å². The molecule has 2 aromatic heterocycles. The van der Waals surface area contributed by atoms with E-state index in [0.717, 1.165) is 28.1 Å². The molecule has 2 rings (SSSR count). The molecule has 2 heterocycles. The van der Waals surface area contributed by atoms with Crippen LogP contribution in [0.3, 0.4) is 0 Å². The quantitative estimate of drug-likeness (QED) is 0.782. The summed E-state index contributed by atoms with van der Waals surface area (Å²) in [5, 5.41) is 5.21.